The van der Waals surface area contributed by atoms with Gasteiger partial charge in [-0.05, 0) is 37.5 Å². The summed E-state index contributed by atoms with van der Waals surface area (Å²) in [6.07, 6.45) is 62.5. The fraction of sp³-hybridized carbons (Fsp3) is 0.951. The maximum atomic E-state index is 13.1. The van der Waals surface area contributed by atoms with Crippen LogP contribution in [-0.2, 0) is 65.4 Å². The van der Waals surface area contributed by atoms with Gasteiger partial charge < -0.3 is 33.8 Å². The molecule has 0 bridgehead atoms. The van der Waals surface area contributed by atoms with E-state index in [2.05, 4.69) is 41.5 Å². The Morgan fingerprint density at radius 1 is 0.270 bits per heavy atom. The predicted octanol–water partition coefficient (Wildman–Crippen LogP) is 24.3. The molecule has 0 aromatic rings. The van der Waals surface area contributed by atoms with Gasteiger partial charge in [-0.3, -0.25) is 37.3 Å². The van der Waals surface area contributed by atoms with Gasteiger partial charge in [-0.1, -0.05) is 375 Å². The zero-order valence-electron chi connectivity index (χ0n) is 65.5. The van der Waals surface area contributed by atoms with Gasteiger partial charge in [0.05, 0.1) is 26.4 Å². The van der Waals surface area contributed by atoms with E-state index in [9.17, 15) is 43.2 Å². The Morgan fingerprint density at radius 2 is 0.460 bits per heavy atom. The standard InChI is InChI=1S/C81H158O17P2/c1-7-9-11-13-15-17-18-19-20-21-22-23-31-36-41-47-53-59-65-81(86)98-77(70-92-79(84)64-58-52-46-40-35-30-26-24-28-33-38-43-49-55-61-73(3)4)72-96-100(89,90)94-68-75(82)67-93-99(87,88)95-71-76(69-91-78(83)63-57-51-45-16-14-12-10-8-2)97-80(85)66-60-54-48-42-37-32-27-25-29-34-39-44-50-56-62-74(5)6/h73-77,82H,7-72H2,1-6H3,(H,87,88)(H,89,90)/t75-,76+,77+/m0/s1. The van der Waals surface area contributed by atoms with Crippen molar-refractivity contribution in [3.8, 4) is 0 Å². The number of esters is 4. The highest BCUT2D eigenvalue weighted by atomic mass is 31.2. The lowest BCUT2D eigenvalue weighted by Gasteiger charge is -2.21. The second-order valence-electron chi connectivity index (χ2n) is 30.1. The number of hydrogen-bond acceptors (Lipinski definition) is 15. The van der Waals surface area contributed by atoms with Crippen LogP contribution in [0.3, 0.4) is 0 Å². The number of carbonyl (C=O) groups excluding carboxylic acids is 4. The van der Waals surface area contributed by atoms with Crippen molar-refractivity contribution in [1.82, 2.24) is 0 Å². The monoisotopic (exact) mass is 1470 g/mol. The molecule has 0 aromatic carbocycles. The fourth-order valence-electron chi connectivity index (χ4n) is 12.5. The molecule has 19 heteroatoms. The largest absolute Gasteiger partial charge is 0.472 e. The number of ether oxygens (including phenoxy) is 4. The van der Waals surface area contributed by atoms with E-state index < -0.39 is 97.5 Å². The van der Waals surface area contributed by atoms with Gasteiger partial charge in [-0.2, -0.15) is 0 Å². The highest BCUT2D eigenvalue weighted by molar-refractivity contribution is 7.47. The summed E-state index contributed by atoms with van der Waals surface area (Å²) in [6, 6.07) is 0. The van der Waals surface area contributed by atoms with Crippen LogP contribution in [-0.4, -0.2) is 96.7 Å². The smallest absolute Gasteiger partial charge is 0.462 e. The first-order chi connectivity index (χ1) is 48.4. The number of unbranched alkanes of at least 4 members (excludes halogenated alkanes) is 50. The summed E-state index contributed by atoms with van der Waals surface area (Å²) in [5.74, 6) is -0.515. The number of carbonyl (C=O) groups is 4. The number of aliphatic hydroxyl groups excluding tert-OH is 1. The Hall–Kier alpha value is -1.94. The first kappa shape index (κ1) is 98.1. The number of rotatable bonds is 80. The molecule has 5 atom stereocenters. The van der Waals surface area contributed by atoms with Crippen molar-refractivity contribution in [3.63, 3.8) is 0 Å². The van der Waals surface area contributed by atoms with Gasteiger partial charge in [0, 0.05) is 25.7 Å². The van der Waals surface area contributed by atoms with Gasteiger partial charge in [0.25, 0.3) is 0 Å². The summed E-state index contributed by atoms with van der Waals surface area (Å²) in [6.45, 7) is 9.66. The molecule has 0 aliphatic heterocycles. The topological polar surface area (TPSA) is 237 Å². The van der Waals surface area contributed by atoms with E-state index in [1.165, 1.54) is 238 Å². The zero-order chi connectivity index (χ0) is 73.5. The molecule has 0 aliphatic carbocycles. The Bertz CT molecular complexity index is 1920. The summed E-state index contributed by atoms with van der Waals surface area (Å²) >= 11 is 0. The van der Waals surface area contributed by atoms with Crippen molar-refractivity contribution < 1.29 is 80.2 Å². The second-order valence-corrected chi connectivity index (χ2v) is 33.0. The number of aliphatic hydroxyl groups is 1. The Morgan fingerprint density at radius 3 is 0.680 bits per heavy atom. The summed E-state index contributed by atoms with van der Waals surface area (Å²) < 4.78 is 68.7. The fourth-order valence-corrected chi connectivity index (χ4v) is 14.1. The molecular formula is C81H158O17P2. The van der Waals surface area contributed by atoms with E-state index in [1.54, 1.807) is 0 Å². The van der Waals surface area contributed by atoms with Crippen molar-refractivity contribution in [2.24, 2.45) is 11.8 Å². The molecule has 17 nitrogen and oxygen atoms in total. The van der Waals surface area contributed by atoms with Gasteiger partial charge >= 0.3 is 39.5 Å². The summed E-state index contributed by atoms with van der Waals surface area (Å²) in [7, 11) is -9.92. The molecule has 0 fully saturated rings. The highest BCUT2D eigenvalue weighted by Crippen LogP contribution is 2.45. The van der Waals surface area contributed by atoms with Crippen molar-refractivity contribution in [3.05, 3.63) is 0 Å². The third kappa shape index (κ3) is 74.3. The molecule has 0 amide bonds. The molecule has 0 saturated carbocycles. The number of hydrogen-bond donors (Lipinski definition) is 3. The zero-order valence-corrected chi connectivity index (χ0v) is 67.3. The normalized spacial score (nSPS) is 13.9. The molecule has 3 N–H and O–H groups in total. The lowest BCUT2D eigenvalue weighted by Crippen LogP contribution is -2.30. The van der Waals surface area contributed by atoms with E-state index in [0.717, 1.165) is 108 Å². The molecule has 0 rings (SSSR count). The van der Waals surface area contributed by atoms with Crippen LogP contribution in [0, 0.1) is 11.8 Å². The highest BCUT2D eigenvalue weighted by Gasteiger charge is 2.30. The molecule has 0 aromatic heterocycles. The molecule has 2 unspecified atom stereocenters. The molecule has 0 spiro atoms. The first-order valence-corrected chi connectivity index (χ1v) is 45.0. The van der Waals surface area contributed by atoms with Crippen molar-refractivity contribution in [1.29, 1.82) is 0 Å². The maximum absolute atomic E-state index is 13.1. The van der Waals surface area contributed by atoms with E-state index in [4.69, 9.17) is 37.0 Å². The third-order valence-electron chi connectivity index (χ3n) is 19.0. The van der Waals surface area contributed by atoms with E-state index >= 15 is 0 Å². The van der Waals surface area contributed by atoms with Crippen LogP contribution in [0.15, 0.2) is 0 Å². The van der Waals surface area contributed by atoms with E-state index in [0.29, 0.717) is 25.7 Å². The SMILES string of the molecule is CCCCCCCCCCCCCCCCCCCCC(=O)O[C@H](COC(=O)CCCCCCCCCCCCCCCCC(C)C)COP(=O)(O)OC[C@@H](O)COP(=O)(O)OC[C@@H](COC(=O)CCCCCCCCCC)OC(=O)CCCCCCCCCCCCCCCCC(C)C. The Kier molecular flexibility index (Phi) is 71.2. The molecule has 594 valence electrons. The van der Waals surface area contributed by atoms with Gasteiger partial charge in [-0.15, -0.1) is 0 Å². The van der Waals surface area contributed by atoms with Crippen LogP contribution in [0.1, 0.15) is 427 Å². The third-order valence-corrected chi connectivity index (χ3v) is 20.9. The lowest BCUT2D eigenvalue weighted by molar-refractivity contribution is -0.161. The second kappa shape index (κ2) is 72.6. The van der Waals surface area contributed by atoms with Gasteiger partial charge in [-0.25, -0.2) is 9.13 Å². The van der Waals surface area contributed by atoms with E-state index in [-0.39, 0.29) is 25.7 Å². The van der Waals surface area contributed by atoms with Crippen molar-refractivity contribution in [2.45, 2.75) is 445 Å². The minimum atomic E-state index is -4.96. The molecular weight excluding hydrogens is 1310 g/mol. The molecule has 100 heavy (non-hydrogen) atoms. The van der Waals surface area contributed by atoms with Gasteiger partial charge in [0.1, 0.15) is 19.3 Å². The lowest BCUT2D eigenvalue weighted by atomic mass is 10.0. The number of phosphoric acid groups is 2. The van der Waals surface area contributed by atoms with Crippen LogP contribution < -0.4 is 0 Å². The van der Waals surface area contributed by atoms with Crippen LogP contribution in [0.5, 0.6) is 0 Å². The van der Waals surface area contributed by atoms with Crippen LogP contribution in [0.4, 0.5) is 0 Å². The Balaban J connectivity index is 5.20. The average Bonchev–Trinajstić information content (AvgIpc) is 0.980. The van der Waals surface area contributed by atoms with E-state index in [1.807, 2.05) is 0 Å². The first-order valence-electron chi connectivity index (χ1n) is 42.0. The Labute approximate surface area is 613 Å². The van der Waals surface area contributed by atoms with Gasteiger partial charge in [0.15, 0.2) is 12.2 Å². The minimum Gasteiger partial charge on any atom is -0.462 e. The molecule has 0 heterocycles. The average molecular weight is 1470 g/mol. The molecule has 0 aliphatic rings. The van der Waals surface area contributed by atoms with Crippen molar-refractivity contribution >= 4 is 39.5 Å². The van der Waals surface area contributed by atoms with Crippen LogP contribution in [0.25, 0.3) is 0 Å². The summed E-state index contributed by atoms with van der Waals surface area (Å²) in [5.41, 5.74) is 0. The molecule has 0 saturated heterocycles. The van der Waals surface area contributed by atoms with Crippen LogP contribution >= 0.6 is 15.6 Å². The molecule has 0 radical (unpaired) electrons. The summed E-state index contributed by atoms with van der Waals surface area (Å²) in [4.78, 5) is 72.9. The minimum absolute atomic E-state index is 0.108. The quantitative estimate of drug-likeness (QED) is 0.0222. The number of phosphoric ester groups is 2. The van der Waals surface area contributed by atoms with Crippen LogP contribution in [0.2, 0.25) is 0 Å². The summed E-state index contributed by atoms with van der Waals surface area (Å²) in [5, 5.41) is 10.6. The van der Waals surface area contributed by atoms with Gasteiger partial charge in [0.2, 0.25) is 0 Å². The van der Waals surface area contributed by atoms with Crippen molar-refractivity contribution in [2.75, 3.05) is 39.6 Å². The maximum Gasteiger partial charge on any atom is 0.472 e. The predicted molar refractivity (Wildman–Crippen MR) is 409 cm³/mol.